The number of anilines is 2. The lowest BCUT2D eigenvalue weighted by atomic mass is 9.64. The Morgan fingerprint density at radius 1 is 1.47 bits per heavy atom. The van der Waals surface area contributed by atoms with Crippen LogP contribution in [-0.4, -0.2) is 28.7 Å². The molecule has 0 saturated heterocycles. The summed E-state index contributed by atoms with van der Waals surface area (Å²) in [6.45, 7) is 7.17. The van der Waals surface area contributed by atoms with Gasteiger partial charge in [0.25, 0.3) is 0 Å². The van der Waals surface area contributed by atoms with Crippen molar-refractivity contribution < 1.29 is 4.74 Å². The van der Waals surface area contributed by atoms with Gasteiger partial charge in [-0.1, -0.05) is 13.8 Å². The Bertz CT molecular complexity index is 454. The van der Waals surface area contributed by atoms with Gasteiger partial charge in [0.15, 0.2) is 5.82 Å². The highest BCUT2D eigenvalue weighted by atomic mass is 79.9. The number of rotatable bonds is 5. The third-order valence-corrected chi connectivity index (χ3v) is 4.53. The Hall–Kier alpha value is -0.920. The quantitative estimate of drug-likeness (QED) is 0.567. The highest BCUT2D eigenvalue weighted by Crippen LogP contribution is 2.44. The molecule has 19 heavy (non-hydrogen) atoms. The molecule has 2 rings (SSSR count). The summed E-state index contributed by atoms with van der Waals surface area (Å²) in [5.74, 6) is 6.71. The molecule has 1 aliphatic carbocycles. The molecule has 1 saturated carbocycles. The summed E-state index contributed by atoms with van der Waals surface area (Å²) in [6, 6.07) is 0.320. The van der Waals surface area contributed by atoms with Crippen LogP contribution in [0.5, 0.6) is 0 Å². The summed E-state index contributed by atoms with van der Waals surface area (Å²) in [6.07, 6.45) is 2.75. The fraction of sp³-hybridized carbons (Fsp3) is 0.667. The Morgan fingerprint density at radius 3 is 2.74 bits per heavy atom. The van der Waals surface area contributed by atoms with Gasteiger partial charge in [0, 0.05) is 18.1 Å². The number of nitrogens with two attached hydrogens (primary N) is 1. The van der Waals surface area contributed by atoms with Crippen LogP contribution in [-0.2, 0) is 4.74 Å². The van der Waals surface area contributed by atoms with E-state index in [0.717, 1.165) is 23.3 Å². The minimum absolute atomic E-state index is 0.0801. The van der Waals surface area contributed by atoms with Crippen molar-refractivity contribution in [2.45, 2.75) is 39.3 Å². The molecule has 0 aromatic carbocycles. The molecule has 0 spiro atoms. The van der Waals surface area contributed by atoms with Crippen LogP contribution in [0.25, 0.3) is 0 Å². The molecule has 2 unspecified atom stereocenters. The molecule has 1 aromatic rings. The van der Waals surface area contributed by atoms with E-state index < -0.39 is 0 Å². The van der Waals surface area contributed by atoms with Gasteiger partial charge >= 0.3 is 0 Å². The van der Waals surface area contributed by atoms with Crippen LogP contribution in [0.1, 0.15) is 27.2 Å². The first-order chi connectivity index (χ1) is 9.00. The number of ether oxygens (including phenoxy) is 1. The van der Waals surface area contributed by atoms with Gasteiger partial charge in [0.2, 0.25) is 0 Å². The fourth-order valence-corrected chi connectivity index (χ4v) is 2.78. The SMILES string of the molecule is CCOC1CC(Nc2ncnc(NN)c2Br)C1(C)C. The topological polar surface area (TPSA) is 85.1 Å². The van der Waals surface area contributed by atoms with E-state index >= 15 is 0 Å². The predicted octanol–water partition coefficient (Wildman–Crippen LogP) is 2.14. The second-order valence-electron chi connectivity index (χ2n) is 5.23. The molecular weight excluding hydrogens is 310 g/mol. The van der Waals surface area contributed by atoms with Gasteiger partial charge in [0.1, 0.15) is 16.6 Å². The normalized spacial score (nSPS) is 24.7. The summed E-state index contributed by atoms with van der Waals surface area (Å²) in [5, 5.41) is 3.43. The van der Waals surface area contributed by atoms with E-state index in [9.17, 15) is 0 Å². The molecule has 1 aromatic heterocycles. The average Bonchev–Trinajstić information content (AvgIpc) is 2.39. The number of aromatic nitrogens is 2. The molecule has 2 atom stereocenters. The molecule has 106 valence electrons. The standard InChI is InChI=1S/C12H20BrN5O/c1-4-19-8-5-7(12(8,2)3)17-10-9(13)11(18-14)16-6-15-10/h6-8H,4-5,14H2,1-3H3,(H2,15,16,17,18). The monoisotopic (exact) mass is 329 g/mol. The smallest absolute Gasteiger partial charge is 0.159 e. The lowest BCUT2D eigenvalue weighted by molar-refractivity contribution is -0.0976. The van der Waals surface area contributed by atoms with E-state index in [1.165, 1.54) is 6.33 Å². The molecule has 0 aliphatic heterocycles. The van der Waals surface area contributed by atoms with E-state index in [1.54, 1.807) is 0 Å². The maximum absolute atomic E-state index is 5.72. The average molecular weight is 330 g/mol. The second kappa shape index (κ2) is 5.60. The first kappa shape index (κ1) is 14.5. The van der Waals surface area contributed by atoms with Gasteiger partial charge < -0.3 is 15.5 Å². The van der Waals surface area contributed by atoms with Gasteiger partial charge in [0.05, 0.1) is 6.10 Å². The number of halogens is 1. The number of hydrogen-bond donors (Lipinski definition) is 3. The highest BCUT2D eigenvalue weighted by Gasteiger charge is 2.49. The largest absolute Gasteiger partial charge is 0.378 e. The Morgan fingerprint density at radius 2 is 2.16 bits per heavy atom. The van der Waals surface area contributed by atoms with E-state index in [4.69, 9.17) is 10.6 Å². The Labute approximate surface area is 121 Å². The lowest BCUT2D eigenvalue weighted by Gasteiger charge is -2.51. The molecule has 0 amide bonds. The van der Waals surface area contributed by atoms with Crippen LogP contribution in [0.3, 0.4) is 0 Å². The zero-order valence-corrected chi connectivity index (χ0v) is 13.0. The third-order valence-electron chi connectivity index (χ3n) is 3.78. The molecule has 7 heteroatoms. The van der Waals surface area contributed by atoms with Crippen LogP contribution in [0, 0.1) is 5.41 Å². The summed E-state index contributed by atoms with van der Waals surface area (Å²) in [5.41, 5.74) is 2.61. The number of hydrazine groups is 1. The minimum Gasteiger partial charge on any atom is -0.378 e. The van der Waals surface area contributed by atoms with Crippen molar-refractivity contribution in [3.63, 3.8) is 0 Å². The zero-order valence-electron chi connectivity index (χ0n) is 11.4. The number of nitrogens with one attached hydrogen (secondary N) is 2. The molecule has 0 bridgehead atoms. The van der Waals surface area contributed by atoms with Crippen molar-refractivity contribution in [1.29, 1.82) is 0 Å². The predicted molar refractivity (Wildman–Crippen MR) is 78.8 cm³/mol. The minimum atomic E-state index is 0.0801. The van der Waals surface area contributed by atoms with Crippen molar-refractivity contribution in [3.05, 3.63) is 10.8 Å². The van der Waals surface area contributed by atoms with Crippen molar-refractivity contribution in [2.24, 2.45) is 11.3 Å². The van der Waals surface area contributed by atoms with Crippen LogP contribution in [0.4, 0.5) is 11.6 Å². The first-order valence-corrected chi connectivity index (χ1v) is 7.15. The molecule has 4 N–H and O–H groups in total. The number of nitrogen functional groups attached to an aromatic ring is 1. The van der Waals surface area contributed by atoms with Crippen LogP contribution >= 0.6 is 15.9 Å². The molecular formula is C12H20BrN5O. The molecule has 1 heterocycles. The number of hydrogen-bond acceptors (Lipinski definition) is 6. The summed E-state index contributed by atoms with van der Waals surface area (Å²) >= 11 is 3.45. The highest BCUT2D eigenvalue weighted by molar-refractivity contribution is 9.10. The summed E-state index contributed by atoms with van der Waals surface area (Å²) in [7, 11) is 0. The van der Waals surface area contributed by atoms with Gasteiger partial charge in [-0.2, -0.15) is 0 Å². The zero-order chi connectivity index (χ0) is 14.0. The van der Waals surface area contributed by atoms with Gasteiger partial charge in [-0.15, -0.1) is 0 Å². The van der Waals surface area contributed by atoms with Crippen molar-refractivity contribution in [2.75, 3.05) is 17.3 Å². The Balaban J connectivity index is 2.07. The van der Waals surface area contributed by atoms with Gasteiger partial charge in [-0.25, -0.2) is 15.8 Å². The van der Waals surface area contributed by atoms with Crippen molar-refractivity contribution in [3.8, 4) is 0 Å². The van der Waals surface area contributed by atoms with E-state index in [0.29, 0.717) is 18.0 Å². The molecule has 6 nitrogen and oxygen atoms in total. The van der Waals surface area contributed by atoms with E-state index in [1.807, 2.05) is 6.92 Å². The van der Waals surface area contributed by atoms with Gasteiger partial charge in [-0.05, 0) is 29.3 Å². The molecule has 1 aliphatic rings. The summed E-state index contributed by atoms with van der Waals surface area (Å²) < 4.78 is 6.46. The van der Waals surface area contributed by atoms with Crippen LogP contribution in [0.2, 0.25) is 0 Å². The van der Waals surface area contributed by atoms with E-state index in [-0.39, 0.29) is 5.41 Å². The fourth-order valence-electron chi connectivity index (χ4n) is 2.35. The van der Waals surface area contributed by atoms with Crippen molar-refractivity contribution >= 4 is 27.6 Å². The maximum Gasteiger partial charge on any atom is 0.159 e. The van der Waals surface area contributed by atoms with Crippen LogP contribution in [0.15, 0.2) is 10.8 Å². The van der Waals surface area contributed by atoms with Crippen LogP contribution < -0.4 is 16.6 Å². The van der Waals surface area contributed by atoms with E-state index in [2.05, 4.69) is 50.5 Å². The molecule has 0 radical (unpaired) electrons. The number of nitrogens with zero attached hydrogens (tertiary/aromatic N) is 2. The maximum atomic E-state index is 5.72. The van der Waals surface area contributed by atoms with Gasteiger partial charge in [-0.3, -0.25) is 0 Å². The van der Waals surface area contributed by atoms with Crippen molar-refractivity contribution in [1.82, 2.24) is 9.97 Å². The second-order valence-corrected chi connectivity index (χ2v) is 6.02. The lowest BCUT2D eigenvalue weighted by Crippen LogP contribution is -2.58. The summed E-state index contributed by atoms with van der Waals surface area (Å²) in [4.78, 5) is 8.27. The molecule has 1 fully saturated rings. The Kier molecular flexibility index (Phi) is 4.27. The third kappa shape index (κ3) is 2.68. The first-order valence-electron chi connectivity index (χ1n) is 6.36.